The third kappa shape index (κ3) is 4.06. The Labute approximate surface area is 111 Å². The van der Waals surface area contributed by atoms with E-state index in [0.29, 0.717) is 24.8 Å². The molecule has 7 heteroatoms. The van der Waals surface area contributed by atoms with Gasteiger partial charge in [0, 0.05) is 19.3 Å². The van der Waals surface area contributed by atoms with Crippen LogP contribution in [0.2, 0.25) is 0 Å². The van der Waals surface area contributed by atoms with Crippen LogP contribution in [0.4, 0.5) is 4.79 Å². The molecule has 0 spiro atoms. The van der Waals surface area contributed by atoms with E-state index in [0.717, 1.165) is 0 Å². The maximum atomic E-state index is 12.1. The molecule has 1 N–H and O–H groups in total. The fourth-order valence-corrected chi connectivity index (χ4v) is 2.71. The van der Waals surface area contributed by atoms with Gasteiger partial charge in [0.25, 0.3) is 0 Å². The zero-order chi connectivity index (χ0) is 13.7. The number of nitrogens with zero attached hydrogens (tertiary/aromatic N) is 2. The molecule has 0 aromatic heterocycles. The van der Waals surface area contributed by atoms with Gasteiger partial charge in [0.1, 0.15) is 6.04 Å². The largest absolute Gasteiger partial charge is 0.480 e. The van der Waals surface area contributed by atoms with Gasteiger partial charge in [0.05, 0.1) is 18.6 Å². The second kappa shape index (κ2) is 6.84. The van der Waals surface area contributed by atoms with Crippen LogP contribution >= 0.6 is 11.8 Å². The number of aliphatic carboxylic acids is 1. The molecule has 1 saturated heterocycles. The Bertz CT molecular complexity index is 311. The van der Waals surface area contributed by atoms with Gasteiger partial charge in [-0.1, -0.05) is 0 Å². The lowest BCUT2D eigenvalue weighted by Gasteiger charge is -2.27. The van der Waals surface area contributed by atoms with Crippen molar-refractivity contribution >= 4 is 23.8 Å². The second-order valence-corrected chi connectivity index (χ2v) is 5.45. The van der Waals surface area contributed by atoms with Gasteiger partial charge in [-0.05, 0) is 13.8 Å². The van der Waals surface area contributed by atoms with E-state index in [1.54, 1.807) is 7.05 Å². The Morgan fingerprint density at radius 2 is 2.22 bits per heavy atom. The van der Waals surface area contributed by atoms with Crippen molar-refractivity contribution < 1.29 is 19.4 Å². The highest BCUT2D eigenvalue weighted by molar-refractivity contribution is 7.99. The van der Waals surface area contributed by atoms with E-state index in [2.05, 4.69) is 0 Å². The Balaban J connectivity index is 2.45. The first-order valence-corrected chi connectivity index (χ1v) is 7.02. The van der Waals surface area contributed by atoms with E-state index < -0.39 is 12.0 Å². The highest BCUT2D eigenvalue weighted by Crippen LogP contribution is 2.22. The molecular weight excluding hydrogens is 256 g/mol. The van der Waals surface area contributed by atoms with Gasteiger partial charge in [-0.25, -0.2) is 9.59 Å². The van der Waals surface area contributed by atoms with Gasteiger partial charge in [-0.15, -0.1) is 11.8 Å². The number of hydrogen-bond donors (Lipinski definition) is 1. The quantitative estimate of drug-likeness (QED) is 0.808. The summed E-state index contributed by atoms with van der Waals surface area (Å²) in [6.45, 7) is 4.78. The van der Waals surface area contributed by atoms with Crippen LogP contribution in [-0.2, 0) is 9.53 Å². The first-order chi connectivity index (χ1) is 8.43. The number of urea groups is 1. The molecule has 1 atom stereocenters. The predicted molar refractivity (Wildman–Crippen MR) is 69.7 cm³/mol. The van der Waals surface area contributed by atoms with Crippen LogP contribution in [0.25, 0.3) is 0 Å². The number of amides is 2. The Morgan fingerprint density at radius 1 is 1.56 bits per heavy atom. The van der Waals surface area contributed by atoms with Crippen LogP contribution in [0, 0.1) is 0 Å². The van der Waals surface area contributed by atoms with Crippen LogP contribution in [0.3, 0.4) is 0 Å². The molecule has 0 radical (unpaired) electrons. The molecule has 1 heterocycles. The molecule has 104 valence electrons. The summed E-state index contributed by atoms with van der Waals surface area (Å²) in [6, 6.07) is -0.962. The third-order valence-corrected chi connectivity index (χ3v) is 3.63. The molecule has 0 saturated carbocycles. The van der Waals surface area contributed by atoms with Crippen LogP contribution in [-0.4, -0.2) is 70.9 Å². The molecule has 0 aliphatic carbocycles. The van der Waals surface area contributed by atoms with Crippen molar-refractivity contribution in [2.75, 3.05) is 31.8 Å². The third-order valence-electron chi connectivity index (χ3n) is 2.62. The molecule has 0 unspecified atom stereocenters. The summed E-state index contributed by atoms with van der Waals surface area (Å²) in [5, 5.41) is 9.01. The number of rotatable bonds is 5. The predicted octanol–water partition coefficient (Wildman–Crippen LogP) is 0.923. The second-order valence-electron chi connectivity index (χ2n) is 4.45. The summed E-state index contributed by atoms with van der Waals surface area (Å²) >= 11 is 1.46. The molecular formula is C11H20N2O4S. The van der Waals surface area contributed by atoms with Crippen molar-refractivity contribution in [3.63, 3.8) is 0 Å². The zero-order valence-corrected chi connectivity index (χ0v) is 11.8. The minimum absolute atomic E-state index is 0.127. The Hall–Kier alpha value is -0.950. The summed E-state index contributed by atoms with van der Waals surface area (Å²) in [7, 11) is 1.66. The number of likely N-dealkylation sites (N-methyl/N-ethyl adjacent to an activating group) is 1. The molecule has 6 nitrogen and oxygen atoms in total. The van der Waals surface area contributed by atoms with Crippen molar-refractivity contribution in [2.45, 2.75) is 26.0 Å². The first kappa shape index (κ1) is 15.1. The maximum Gasteiger partial charge on any atom is 0.327 e. The fraction of sp³-hybridized carbons (Fsp3) is 0.818. The van der Waals surface area contributed by atoms with E-state index >= 15 is 0 Å². The van der Waals surface area contributed by atoms with Crippen LogP contribution < -0.4 is 0 Å². The van der Waals surface area contributed by atoms with E-state index in [4.69, 9.17) is 9.84 Å². The van der Waals surface area contributed by atoms with Crippen LogP contribution in [0.5, 0.6) is 0 Å². The van der Waals surface area contributed by atoms with E-state index in [-0.39, 0.29) is 12.1 Å². The van der Waals surface area contributed by atoms with Crippen LogP contribution in [0.15, 0.2) is 0 Å². The normalized spacial score (nSPS) is 19.3. The number of thioether (sulfide) groups is 1. The lowest BCUT2D eigenvalue weighted by Crippen LogP contribution is -2.48. The minimum Gasteiger partial charge on any atom is -0.480 e. The van der Waals surface area contributed by atoms with E-state index in [1.807, 2.05) is 13.8 Å². The van der Waals surface area contributed by atoms with Crippen molar-refractivity contribution in [2.24, 2.45) is 0 Å². The lowest BCUT2D eigenvalue weighted by molar-refractivity contribution is -0.140. The molecule has 1 fully saturated rings. The average Bonchev–Trinajstić information content (AvgIpc) is 2.76. The SMILES string of the molecule is CC(C)OCCN(C)C(=O)N1CSC[C@H]1C(=O)O. The molecule has 1 rings (SSSR count). The van der Waals surface area contributed by atoms with Gasteiger partial charge in [-0.3, -0.25) is 0 Å². The topological polar surface area (TPSA) is 70.1 Å². The summed E-state index contributed by atoms with van der Waals surface area (Å²) in [5.41, 5.74) is 0. The number of ether oxygens (including phenoxy) is 1. The number of carboxylic acids is 1. The minimum atomic E-state index is -0.944. The van der Waals surface area contributed by atoms with E-state index in [1.165, 1.54) is 21.6 Å². The first-order valence-electron chi connectivity index (χ1n) is 5.87. The summed E-state index contributed by atoms with van der Waals surface area (Å²) in [5.74, 6) is -0.0528. The molecule has 0 aromatic carbocycles. The van der Waals surface area contributed by atoms with Gasteiger partial charge in [0.15, 0.2) is 0 Å². The summed E-state index contributed by atoms with van der Waals surface area (Å²) in [6.07, 6.45) is 0.127. The number of carboxylic acid groups (broad SMARTS) is 1. The number of carbonyl (C=O) groups excluding carboxylic acids is 1. The molecule has 0 aromatic rings. The van der Waals surface area contributed by atoms with E-state index in [9.17, 15) is 9.59 Å². The zero-order valence-electron chi connectivity index (χ0n) is 11.0. The molecule has 1 aliphatic rings. The molecule has 0 bridgehead atoms. The van der Waals surface area contributed by atoms with Crippen molar-refractivity contribution in [1.82, 2.24) is 9.80 Å². The summed E-state index contributed by atoms with van der Waals surface area (Å²) in [4.78, 5) is 25.9. The van der Waals surface area contributed by atoms with Gasteiger partial charge in [-0.2, -0.15) is 0 Å². The van der Waals surface area contributed by atoms with Crippen molar-refractivity contribution in [3.05, 3.63) is 0 Å². The highest BCUT2D eigenvalue weighted by atomic mass is 32.2. The van der Waals surface area contributed by atoms with Crippen molar-refractivity contribution in [3.8, 4) is 0 Å². The van der Waals surface area contributed by atoms with Crippen LogP contribution in [0.1, 0.15) is 13.8 Å². The average molecular weight is 276 g/mol. The Morgan fingerprint density at radius 3 is 2.78 bits per heavy atom. The summed E-state index contributed by atoms with van der Waals surface area (Å²) < 4.78 is 5.37. The van der Waals surface area contributed by atoms with Gasteiger partial charge in [0.2, 0.25) is 0 Å². The monoisotopic (exact) mass is 276 g/mol. The Kier molecular flexibility index (Phi) is 5.74. The van der Waals surface area contributed by atoms with Gasteiger partial charge >= 0.3 is 12.0 Å². The maximum absolute atomic E-state index is 12.1. The molecule has 2 amide bonds. The smallest absolute Gasteiger partial charge is 0.327 e. The standard InChI is InChI=1S/C11H20N2O4S/c1-8(2)17-5-4-12(3)11(16)13-7-18-6-9(13)10(14)15/h8-9H,4-7H2,1-3H3,(H,14,15)/t9-/m0/s1. The highest BCUT2D eigenvalue weighted by Gasteiger charge is 2.35. The van der Waals surface area contributed by atoms with Crippen molar-refractivity contribution in [1.29, 1.82) is 0 Å². The lowest BCUT2D eigenvalue weighted by atomic mass is 10.3. The molecule has 18 heavy (non-hydrogen) atoms. The molecule has 1 aliphatic heterocycles. The fourth-order valence-electron chi connectivity index (χ4n) is 1.58. The van der Waals surface area contributed by atoms with Gasteiger partial charge < -0.3 is 19.6 Å². The number of hydrogen-bond acceptors (Lipinski definition) is 4. The number of carbonyl (C=O) groups is 2.